The van der Waals surface area contributed by atoms with Crippen molar-refractivity contribution in [1.29, 1.82) is 0 Å². The third-order valence-corrected chi connectivity index (χ3v) is 11.4. The van der Waals surface area contributed by atoms with Crippen molar-refractivity contribution in [2.45, 2.75) is 78.6 Å². The van der Waals surface area contributed by atoms with E-state index in [1.807, 2.05) is 18.3 Å². The molecule has 0 N–H and O–H groups in total. The topological polar surface area (TPSA) is 35.9 Å². The molecule has 0 saturated heterocycles. The molecule has 0 amide bonds. The molecule has 5 nitrogen and oxygen atoms in total. The van der Waals surface area contributed by atoms with E-state index in [-0.39, 0.29) is 37.3 Å². The normalized spacial score (nSPS) is 12.1. The molecular weight excluding hydrogens is 940 g/mol. The number of fused-ring (bicyclic) bond motifs is 3. The molecule has 0 saturated carbocycles. The van der Waals surface area contributed by atoms with Crippen LogP contribution in [0.1, 0.15) is 79.1 Å². The van der Waals surface area contributed by atoms with Gasteiger partial charge in [0.05, 0.1) is 11.4 Å². The van der Waals surface area contributed by atoms with Gasteiger partial charge in [-0.15, -0.1) is 35.2 Å². The number of hydrogen-bond acceptors (Lipinski definition) is 2. The van der Waals surface area contributed by atoms with Gasteiger partial charge in [0.15, 0.2) is 0 Å². The molecule has 3 aromatic heterocycles. The van der Waals surface area contributed by atoms with Crippen molar-refractivity contribution in [1.82, 2.24) is 14.1 Å². The number of rotatable bonds is 7. The third kappa shape index (κ3) is 8.44. The zero-order valence-electron chi connectivity index (χ0n) is 36.9. The summed E-state index contributed by atoms with van der Waals surface area (Å²) in [4.78, 5) is 4.87. The van der Waals surface area contributed by atoms with Gasteiger partial charge in [-0.3, -0.25) is 4.57 Å². The van der Waals surface area contributed by atoms with E-state index in [1.54, 1.807) is 0 Å². The minimum absolute atomic E-state index is 0. The number of aromatic nitrogens is 4. The standard InChI is InChI=1S/C56H52N4O.Pt/c1-54(2,3)42-26-27-57-53(33-42)60-50-23-17-16-22-48(50)49-25-24-46(35-51(49)60)61-47-31-41(39-20-14-11-15-21-39)29-44(34-47)58-36-52(56(7,8)9)59(37-58)45-30-40(38-18-12-10-13-19-38)28-43(32-45)55(4,5)6;/h10-33,36H,1-9H3;/q-2;. The summed E-state index contributed by atoms with van der Waals surface area (Å²) in [5.74, 6) is 2.02. The molecule has 0 aliphatic heterocycles. The fraction of sp³-hybridized carbons (Fsp3) is 0.214. The van der Waals surface area contributed by atoms with Gasteiger partial charge in [0, 0.05) is 50.5 Å². The largest absolute Gasteiger partial charge is 0.510 e. The van der Waals surface area contributed by atoms with Gasteiger partial charge in [-0.05, 0) is 85.5 Å². The molecule has 0 aliphatic carbocycles. The first-order valence-corrected chi connectivity index (χ1v) is 21.1. The average Bonchev–Trinajstić information content (AvgIpc) is 3.85. The Morgan fingerprint density at radius 1 is 0.548 bits per heavy atom. The maximum atomic E-state index is 6.80. The Balaban J connectivity index is 0.00000529. The van der Waals surface area contributed by atoms with Crippen molar-refractivity contribution < 1.29 is 30.4 Å². The van der Waals surface area contributed by atoms with Gasteiger partial charge >= 0.3 is 0 Å². The molecule has 0 spiro atoms. The SMILES string of the molecule is CC(C)(C)c1cc(-c2ccccc2)cc(-[n+]2[c-]n(-c3[c-]c(Oc4[c-]c5c(cc4)c4ccccc4n5-c4cc(C(C)(C)C)ccn4)cc(-c4ccccc4)c3)cc2C(C)(C)C)c1.[Pt]. The Bertz CT molecular complexity index is 3050. The zero-order chi connectivity index (χ0) is 42.7. The first-order chi connectivity index (χ1) is 29.1. The minimum atomic E-state index is -0.202. The molecule has 0 unspecified atom stereocenters. The molecular formula is C56H52N4OPt-2. The van der Waals surface area contributed by atoms with Crippen LogP contribution in [0.2, 0.25) is 0 Å². The second-order valence-corrected chi connectivity index (χ2v) is 19.1. The van der Waals surface area contributed by atoms with E-state index in [4.69, 9.17) is 9.72 Å². The molecule has 6 heteroatoms. The van der Waals surface area contributed by atoms with Crippen molar-refractivity contribution >= 4 is 21.8 Å². The fourth-order valence-corrected chi connectivity index (χ4v) is 8.00. The number of nitrogens with zero attached hydrogens (tertiary/aromatic N) is 4. The summed E-state index contributed by atoms with van der Waals surface area (Å²) in [7, 11) is 0. The van der Waals surface area contributed by atoms with Crippen molar-refractivity contribution in [3.8, 4) is 50.9 Å². The van der Waals surface area contributed by atoms with Gasteiger partial charge in [-0.2, -0.15) is 12.1 Å². The van der Waals surface area contributed by atoms with Crippen LogP contribution in [-0.4, -0.2) is 14.1 Å². The van der Waals surface area contributed by atoms with Crippen LogP contribution in [0.4, 0.5) is 0 Å². The van der Waals surface area contributed by atoms with E-state index < -0.39 is 0 Å². The van der Waals surface area contributed by atoms with E-state index in [2.05, 4.69) is 228 Å². The maximum Gasteiger partial charge on any atom is 0.267 e. The second kappa shape index (κ2) is 16.3. The summed E-state index contributed by atoms with van der Waals surface area (Å²) in [6.07, 6.45) is 7.84. The Kier molecular flexibility index (Phi) is 11.2. The summed E-state index contributed by atoms with van der Waals surface area (Å²) in [5, 5.41) is 2.22. The van der Waals surface area contributed by atoms with E-state index in [1.165, 1.54) is 22.3 Å². The summed E-state index contributed by atoms with van der Waals surface area (Å²) in [6.45, 7) is 20.2. The smallest absolute Gasteiger partial charge is 0.267 e. The van der Waals surface area contributed by atoms with Gasteiger partial charge in [-0.25, -0.2) is 4.98 Å². The van der Waals surface area contributed by atoms with Crippen LogP contribution < -0.4 is 9.30 Å². The zero-order valence-corrected chi connectivity index (χ0v) is 39.2. The number of para-hydroxylation sites is 1. The molecule has 0 aliphatic rings. The van der Waals surface area contributed by atoms with Crippen LogP contribution in [-0.2, 0) is 37.3 Å². The molecule has 0 bridgehead atoms. The van der Waals surface area contributed by atoms with Crippen LogP contribution >= 0.6 is 0 Å². The molecule has 6 aromatic carbocycles. The van der Waals surface area contributed by atoms with Gasteiger partial charge in [0.25, 0.3) is 6.33 Å². The number of benzene rings is 6. The number of pyridine rings is 1. The molecule has 9 rings (SSSR count). The Hall–Kier alpha value is -6.03. The van der Waals surface area contributed by atoms with E-state index in [0.717, 1.165) is 55.8 Å². The van der Waals surface area contributed by atoms with E-state index >= 15 is 0 Å². The van der Waals surface area contributed by atoms with Crippen LogP contribution in [0.3, 0.4) is 0 Å². The number of ether oxygens (including phenoxy) is 1. The summed E-state index contributed by atoms with van der Waals surface area (Å²) in [6, 6.07) is 56.3. The molecule has 9 aromatic rings. The van der Waals surface area contributed by atoms with Crippen LogP contribution in [0.25, 0.3) is 61.3 Å². The van der Waals surface area contributed by atoms with Gasteiger partial charge < -0.3 is 13.9 Å². The van der Waals surface area contributed by atoms with Crippen molar-refractivity contribution in [3.05, 3.63) is 187 Å². The molecule has 62 heavy (non-hydrogen) atoms. The van der Waals surface area contributed by atoms with Crippen LogP contribution in [0.5, 0.6) is 11.5 Å². The van der Waals surface area contributed by atoms with Gasteiger partial charge in [-0.1, -0.05) is 153 Å². The summed E-state index contributed by atoms with van der Waals surface area (Å²) >= 11 is 0. The summed E-state index contributed by atoms with van der Waals surface area (Å²) in [5.41, 5.74) is 11.6. The van der Waals surface area contributed by atoms with Gasteiger partial charge in [0.2, 0.25) is 0 Å². The maximum absolute atomic E-state index is 6.80. The Morgan fingerprint density at radius 2 is 1.19 bits per heavy atom. The first-order valence-electron chi connectivity index (χ1n) is 21.1. The predicted molar refractivity (Wildman–Crippen MR) is 249 cm³/mol. The summed E-state index contributed by atoms with van der Waals surface area (Å²) < 4.78 is 13.3. The fourth-order valence-electron chi connectivity index (χ4n) is 8.00. The van der Waals surface area contributed by atoms with E-state index in [0.29, 0.717) is 11.5 Å². The quantitative estimate of drug-likeness (QED) is 0.118. The molecule has 0 fully saturated rings. The third-order valence-electron chi connectivity index (χ3n) is 11.4. The predicted octanol–water partition coefficient (Wildman–Crippen LogP) is 13.7. The van der Waals surface area contributed by atoms with E-state index in [9.17, 15) is 0 Å². The monoisotopic (exact) mass is 991 g/mol. The molecule has 3 heterocycles. The average molecular weight is 992 g/mol. The van der Waals surface area contributed by atoms with Crippen molar-refractivity contribution in [2.24, 2.45) is 0 Å². The number of hydrogen-bond donors (Lipinski definition) is 0. The Morgan fingerprint density at radius 3 is 1.85 bits per heavy atom. The Labute approximate surface area is 381 Å². The van der Waals surface area contributed by atoms with Crippen LogP contribution in [0.15, 0.2) is 152 Å². The molecule has 314 valence electrons. The second-order valence-electron chi connectivity index (χ2n) is 19.1. The van der Waals surface area contributed by atoms with Crippen molar-refractivity contribution in [3.63, 3.8) is 0 Å². The molecule has 0 radical (unpaired) electrons. The van der Waals surface area contributed by atoms with Crippen LogP contribution in [0, 0.1) is 18.5 Å². The minimum Gasteiger partial charge on any atom is -0.510 e. The first kappa shape index (κ1) is 42.7. The number of imidazole rings is 1. The van der Waals surface area contributed by atoms with Gasteiger partial charge in [0.1, 0.15) is 5.82 Å². The van der Waals surface area contributed by atoms with Crippen molar-refractivity contribution in [2.75, 3.05) is 0 Å². The molecule has 0 atom stereocenters.